The number of methoxy groups -OCH3 is 5. The van der Waals surface area contributed by atoms with Crippen molar-refractivity contribution in [3.63, 3.8) is 0 Å². The first-order valence-electron chi connectivity index (χ1n) is 8.30. The van der Waals surface area contributed by atoms with Gasteiger partial charge in [-0.25, -0.2) is 0 Å². The molecule has 0 heterocycles. The van der Waals surface area contributed by atoms with Crippen molar-refractivity contribution in [2.45, 2.75) is 0 Å². The molecule has 8 nitrogen and oxygen atoms in total. The minimum Gasteiger partial charge on any atom is -0.497 e. The molecule has 0 spiro atoms. The van der Waals surface area contributed by atoms with Crippen LogP contribution in [0.4, 0.5) is 5.69 Å². The molecular formula is C20H23NO7. The number of hydrogen-bond donors (Lipinski definition) is 1. The average molecular weight is 389 g/mol. The molecule has 0 bridgehead atoms. The third kappa shape index (κ3) is 4.52. The molecule has 2 rings (SSSR count). The van der Waals surface area contributed by atoms with Crippen molar-refractivity contribution in [1.29, 1.82) is 0 Å². The van der Waals surface area contributed by atoms with Gasteiger partial charge in [0.05, 0.1) is 39.7 Å². The Bertz CT molecular complexity index is 864. The Labute approximate surface area is 163 Å². The number of benzene rings is 2. The summed E-state index contributed by atoms with van der Waals surface area (Å²) in [7, 11) is 7.31. The van der Waals surface area contributed by atoms with Crippen molar-refractivity contribution in [2.75, 3.05) is 47.5 Å². The summed E-state index contributed by atoms with van der Waals surface area (Å²) in [6.45, 7) is -0.165. The van der Waals surface area contributed by atoms with Crippen molar-refractivity contribution in [3.8, 4) is 23.0 Å². The first kappa shape index (κ1) is 21.0. The second-order valence-corrected chi connectivity index (χ2v) is 5.63. The number of hydrogen-bond acceptors (Lipinski definition) is 7. The van der Waals surface area contributed by atoms with Crippen LogP contribution in [-0.4, -0.2) is 53.8 Å². The zero-order chi connectivity index (χ0) is 20.7. The lowest BCUT2D eigenvalue weighted by atomic mass is 10.1. The van der Waals surface area contributed by atoms with Gasteiger partial charge in [0.15, 0.2) is 17.3 Å². The van der Waals surface area contributed by atoms with E-state index in [0.717, 1.165) is 0 Å². The molecule has 8 heteroatoms. The molecule has 0 aliphatic heterocycles. The maximum Gasteiger partial charge on any atom is 0.255 e. The second-order valence-electron chi connectivity index (χ2n) is 5.63. The van der Waals surface area contributed by atoms with Crippen molar-refractivity contribution in [2.24, 2.45) is 0 Å². The van der Waals surface area contributed by atoms with Crippen molar-refractivity contribution >= 4 is 17.4 Å². The highest BCUT2D eigenvalue weighted by Gasteiger charge is 2.21. The molecule has 0 atom stereocenters. The second kappa shape index (κ2) is 9.61. The summed E-state index contributed by atoms with van der Waals surface area (Å²) in [5.41, 5.74) is 0.765. The first-order valence-corrected chi connectivity index (χ1v) is 8.30. The SMILES string of the molecule is COCC(=O)c1c(NC(=O)c2ccc(OC)c(OC)c2)cc(OC)cc1OC. The number of anilines is 1. The lowest BCUT2D eigenvalue weighted by molar-refractivity contribution is 0.0846. The maximum absolute atomic E-state index is 12.8. The molecule has 2 aromatic rings. The van der Waals surface area contributed by atoms with Gasteiger partial charge in [-0.05, 0) is 18.2 Å². The monoisotopic (exact) mass is 389 g/mol. The molecule has 0 unspecified atom stereocenters. The van der Waals surface area contributed by atoms with E-state index in [-0.39, 0.29) is 29.4 Å². The van der Waals surface area contributed by atoms with Crippen LogP contribution in [0.1, 0.15) is 20.7 Å². The van der Waals surface area contributed by atoms with Gasteiger partial charge in [-0.3, -0.25) is 9.59 Å². The van der Waals surface area contributed by atoms with E-state index < -0.39 is 5.91 Å². The Hall–Kier alpha value is -3.26. The first-order chi connectivity index (χ1) is 13.5. The van der Waals surface area contributed by atoms with Gasteiger partial charge in [0.2, 0.25) is 0 Å². The molecule has 0 saturated heterocycles. The summed E-state index contributed by atoms with van der Waals surface area (Å²) in [4.78, 5) is 25.3. The van der Waals surface area contributed by atoms with Gasteiger partial charge in [0.1, 0.15) is 18.1 Å². The van der Waals surface area contributed by atoms with Crippen LogP contribution in [0.5, 0.6) is 23.0 Å². The van der Waals surface area contributed by atoms with E-state index in [2.05, 4.69) is 5.32 Å². The number of ketones is 1. The van der Waals surface area contributed by atoms with Gasteiger partial charge in [-0.1, -0.05) is 0 Å². The summed E-state index contributed by atoms with van der Waals surface area (Å²) in [5, 5.41) is 2.73. The zero-order valence-electron chi connectivity index (χ0n) is 16.5. The number of rotatable bonds is 9. The summed E-state index contributed by atoms with van der Waals surface area (Å²) in [6, 6.07) is 7.86. The highest BCUT2D eigenvalue weighted by atomic mass is 16.5. The predicted octanol–water partition coefficient (Wildman–Crippen LogP) is 2.80. The summed E-state index contributed by atoms with van der Waals surface area (Å²) in [6.07, 6.45) is 0. The molecule has 0 radical (unpaired) electrons. The number of Topliss-reactive ketones (excluding diaryl/α,β-unsaturated/α-hetero) is 1. The average Bonchev–Trinajstić information content (AvgIpc) is 2.72. The van der Waals surface area contributed by atoms with Crippen LogP contribution in [0.3, 0.4) is 0 Å². The fourth-order valence-corrected chi connectivity index (χ4v) is 2.63. The number of carbonyl (C=O) groups excluding carboxylic acids is 2. The lowest BCUT2D eigenvalue weighted by Gasteiger charge is -2.16. The van der Waals surface area contributed by atoms with E-state index in [4.69, 9.17) is 23.7 Å². The molecule has 0 aliphatic rings. The molecule has 1 N–H and O–H groups in total. The Morgan fingerprint density at radius 2 is 1.50 bits per heavy atom. The van der Waals surface area contributed by atoms with E-state index in [1.54, 1.807) is 30.3 Å². The third-order valence-electron chi connectivity index (χ3n) is 3.98. The van der Waals surface area contributed by atoms with Crippen molar-refractivity contribution in [3.05, 3.63) is 41.5 Å². The predicted molar refractivity (Wildman–Crippen MR) is 103 cm³/mol. The molecule has 0 aromatic heterocycles. The van der Waals surface area contributed by atoms with Crippen LogP contribution in [-0.2, 0) is 4.74 Å². The summed E-state index contributed by atoms with van der Waals surface area (Å²) < 4.78 is 25.9. The fourth-order valence-electron chi connectivity index (χ4n) is 2.63. The van der Waals surface area contributed by atoms with E-state index >= 15 is 0 Å². The Morgan fingerprint density at radius 1 is 0.821 bits per heavy atom. The number of ether oxygens (including phenoxy) is 5. The Morgan fingerprint density at radius 3 is 2.07 bits per heavy atom. The fraction of sp³-hybridized carbons (Fsp3) is 0.300. The third-order valence-corrected chi connectivity index (χ3v) is 3.98. The van der Waals surface area contributed by atoms with Crippen molar-refractivity contribution < 1.29 is 33.3 Å². The maximum atomic E-state index is 12.8. The molecule has 1 amide bonds. The molecule has 0 fully saturated rings. The highest BCUT2D eigenvalue weighted by Crippen LogP contribution is 2.34. The topological polar surface area (TPSA) is 92.3 Å². The summed E-state index contributed by atoms with van der Waals surface area (Å²) in [5.74, 6) is 0.817. The van der Waals surface area contributed by atoms with Crippen LogP contribution in [0.2, 0.25) is 0 Å². The van der Waals surface area contributed by atoms with Crippen LogP contribution in [0.15, 0.2) is 30.3 Å². The van der Waals surface area contributed by atoms with E-state index in [0.29, 0.717) is 22.8 Å². The van der Waals surface area contributed by atoms with Gasteiger partial charge in [-0.15, -0.1) is 0 Å². The van der Waals surface area contributed by atoms with E-state index in [1.807, 2.05) is 0 Å². The van der Waals surface area contributed by atoms with E-state index in [1.165, 1.54) is 35.5 Å². The van der Waals surface area contributed by atoms with Crippen LogP contribution < -0.4 is 24.3 Å². The minimum atomic E-state index is -0.442. The molecule has 2 aromatic carbocycles. The van der Waals surface area contributed by atoms with Gasteiger partial charge >= 0.3 is 0 Å². The van der Waals surface area contributed by atoms with Crippen LogP contribution in [0, 0.1) is 0 Å². The van der Waals surface area contributed by atoms with Gasteiger partial charge in [0, 0.05) is 24.8 Å². The molecule has 150 valence electrons. The summed E-state index contributed by atoms with van der Waals surface area (Å²) >= 11 is 0. The Kier molecular flexibility index (Phi) is 7.22. The highest BCUT2D eigenvalue weighted by molar-refractivity contribution is 6.11. The smallest absolute Gasteiger partial charge is 0.255 e. The number of amides is 1. The van der Waals surface area contributed by atoms with Gasteiger partial charge < -0.3 is 29.0 Å². The minimum absolute atomic E-state index is 0.165. The quantitative estimate of drug-likeness (QED) is 0.659. The van der Waals surface area contributed by atoms with Crippen LogP contribution >= 0.6 is 0 Å². The number of carbonyl (C=O) groups is 2. The van der Waals surface area contributed by atoms with Gasteiger partial charge in [0.25, 0.3) is 5.91 Å². The lowest BCUT2D eigenvalue weighted by Crippen LogP contribution is -2.17. The standard InChI is InChI=1S/C20H23NO7/c1-24-11-15(22)19-14(9-13(25-2)10-18(19)28-5)21-20(23)12-6-7-16(26-3)17(8-12)27-4/h6-10H,11H2,1-5H3,(H,21,23). The molecule has 0 saturated carbocycles. The number of nitrogens with one attached hydrogen (secondary N) is 1. The largest absolute Gasteiger partial charge is 0.497 e. The van der Waals surface area contributed by atoms with Gasteiger partial charge in [-0.2, -0.15) is 0 Å². The zero-order valence-corrected chi connectivity index (χ0v) is 16.5. The molecule has 0 aliphatic carbocycles. The van der Waals surface area contributed by atoms with Crippen LogP contribution in [0.25, 0.3) is 0 Å². The van der Waals surface area contributed by atoms with E-state index in [9.17, 15) is 9.59 Å². The Balaban J connectivity index is 2.46. The van der Waals surface area contributed by atoms with Crippen molar-refractivity contribution in [1.82, 2.24) is 0 Å². The molecular weight excluding hydrogens is 366 g/mol. The normalized spacial score (nSPS) is 10.2. The molecule has 28 heavy (non-hydrogen) atoms.